The topological polar surface area (TPSA) is 113 Å². The lowest BCUT2D eigenvalue weighted by atomic mass is 10.1. The number of aromatic nitrogens is 4. The molecule has 0 saturated carbocycles. The van der Waals surface area contributed by atoms with Gasteiger partial charge in [0.2, 0.25) is 0 Å². The third-order valence-electron chi connectivity index (χ3n) is 5.01. The zero-order chi connectivity index (χ0) is 27.0. The highest BCUT2D eigenvalue weighted by molar-refractivity contribution is 6.07. The highest BCUT2D eigenvalue weighted by atomic mass is 19.4. The molecule has 3 rings (SSSR count). The number of ether oxygens (including phenoxy) is 1. The molecule has 2 heterocycles. The number of amides is 1. The second kappa shape index (κ2) is 9.72. The van der Waals surface area contributed by atoms with Crippen LogP contribution in [0.15, 0.2) is 18.3 Å². The van der Waals surface area contributed by atoms with Gasteiger partial charge in [-0.25, -0.2) is 9.37 Å². The lowest BCUT2D eigenvalue weighted by Gasteiger charge is -2.21. The second-order valence-electron chi connectivity index (χ2n) is 7.60. The first kappa shape index (κ1) is 26.8. The van der Waals surface area contributed by atoms with Crippen molar-refractivity contribution in [3.8, 4) is 17.0 Å². The van der Waals surface area contributed by atoms with Crippen molar-refractivity contribution in [3.63, 3.8) is 0 Å². The molecule has 0 aliphatic rings. The van der Waals surface area contributed by atoms with Gasteiger partial charge < -0.3 is 15.2 Å². The monoisotopic (exact) mass is 521 g/mol. The summed E-state index contributed by atoms with van der Waals surface area (Å²) in [6.07, 6.45) is -11.2. The number of benzene rings is 1. The van der Waals surface area contributed by atoms with E-state index in [1.54, 1.807) is 0 Å². The Kier molecular flexibility index (Phi) is 7.25. The zero-order valence-electron chi connectivity index (χ0n) is 18.8. The molecular formula is C21H18F7N5O3. The summed E-state index contributed by atoms with van der Waals surface area (Å²) in [6.45, 7) is 2.75. The first-order valence-electron chi connectivity index (χ1n) is 10.1. The molecule has 0 saturated heterocycles. The molecule has 8 nitrogen and oxygen atoms in total. The minimum Gasteiger partial charge on any atom is -0.480 e. The van der Waals surface area contributed by atoms with E-state index in [0.717, 1.165) is 12.3 Å². The van der Waals surface area contributed by atoms with Crippen LogP contribution in [0.5, 0.6) is 5.75 Å². The Morgan fingerprint density at radius 1 is 1.19 bits per heavy atom. The molecule has 1 amide bonds. The first-order chi connectivity index (χ1) is 16.6. The molecule has 0 radical (unpaired) electrons. The number of carbonyl (C=O) groups is 1. The van der Waals surface area contributed by atoms with Crippen LogP contribution in [0, 0.1) is 19.7 Å². The number of hydrogen-bond acceptors (Lipinski definition) is 6. The molecule has 0 spiro atoms. The highest BCUT2D eigenvalue weighted by Gasteiger charge is 2.40. The van der Waals surface area contributed by atoms with Crippen LogP contribution in [0.25, 0.3) is 11.3 Å². The van der Waals surface area contributed by atoms with Crippen LogP contribution in [0.4, 0.5) is 36.4 Å². The van der Waals surface area contributed by atoms with Gasteiger partial charge >= 0.3 is 12.4 Å². The summed E-state index contributed by atoms with van der Waals surface area (Å²) in [5, 5.41) is 16.4. The lowest BCUT2D eigenvalue weighted by molar-refractivity contribution is -0.189. The van der Waals surface area contributed by atoms with E-state index in [0.29, 0.717) is 18.7 Å². The third-order valence-corrected chi connectivity index (χ3v) is 5.01. The standard InChI is InChI=1S/C21H18F7N5O3/c1-8-15(7-34)30-14(6-29-8)11-5-16(36-10(3)20(23,24)25)12(4-13(11)22)19(35)31-17-9(2)32-33-18(17)21(26,27)28/h4-6,10,34H,7H2,1-3H3,(H,31,35)(H,32,33)/t10-/m0/s1. The number of nitrogens with one attached hydrogen (secondary N) is 2. The zero-order valence-corrected chi connectivity index (χ0v) is 18.8. The predicted molar refractivity (Wildman–Crippen MR) is 111 cm³/mol. The summed E-state index contributed by atoms with van der Waals surface area (Å²) in [6, 6.07) is 1.26. The van der Waals surface area contributed by atoms with Crippen molar-refractivity contribution in [2.75, 3.05) is 5.32 Å². The number of rotatable bonds is 6. The maximum absolute atomic E-state index is 15.0. The van der Waals surface area contributed by atoms with Crippen LogP contribution < -0.4 is 10.1 Å². The Hall–Kier alpha value is -3.75. The van der Waals surface area contributed by atoms with Crippen molar-refractivity contribution >= 4 is 11.6 Å². The van der Waals surface area contributed by atoms with Gasteiger partial charge in [0, 0.05) is 5.56 Å². The molecule has 0 bridgehead atoms. The Bertz CT molecular complexity index is 1290. The normalized spacial score (nSPS) is 13.0. The average molecular weight is 521 g/mol. The van der Waals surface area contributed by atoms with Crippen LogP contribution in [0.2, 0.25) is 0 Å². The molecule has 2 aromatic heterocycles. The molecule has 15 heteroatoms. The molecule has 1 atom stereocenters. The second-order valence-corrected chi connectivity index (χ2v) is 7.60. The number of alkyl halides is 6. The van der Waals surface area contributed by atoms with Crippen molar-refractivity contribution in [2.45, 2.75) is 45.8 Å². The van der Waals surface area contributed by atoms with Crippen LogP contribution in [0.1, 0.15) is 40.1 Å². The number of aromatic amines is 1. The van der Waals surface area contributed by atoms with Crippen LogP contribution in [-0.2, 0) is 12.8 Å². The summed E-state index contributed by atoms with van der Waals surface area (Å²) >= 11 is 0. The SMILES string of the molecule is Cc1ncc(-c2cc(O[C@@H](C)C(F)(F)F)c(C(=O)Nc3c(C(F)(F)F)n[nH]c3C)cc2F)nc1CO. The van der Waals surface area contributed by atoms with E-state index in [4.69, 9.17) is 4.74 Å². The van der Waals surface area contributed by atoms with E-state index in [2.05, 4.69) is 20.2 Å². The fourth-order valence-electron chi connectivity index (χ4n) is 3.02. The number of H-pyrrole nitrogens is 1. The van der Waals surface area contributed by atoms with Crippen LogP contribution in [0.3, 0.4) is 0 Å². The largest absolute Gasteiger partial charge is 0.480 e. The van der Waals surface area contributed by atoms with Gasteiger partial charge in [-0.2, -0.15) is 31.4 Å². The Labute approximate surface area is 198 Å². The summed E-state index contributed by atoms with van der Waals surface area (Å²) in [5.41, 5.74) is -3.52. The van der Waals surface area contributed by atoms with Gasteiger partial charge in [-0.1, -0.05) is 0 Å². The fourth-order valence-corrected chi connectivity index (χ4v) is 3.02. The van der Waals surface area contributed by atoms with Gasteiger partial charge in [0.15, 0.2) is 11.8 Å². The van der Waals surface area contributed by atoms with E-state index in [1.165, 1.54) is 13.8 Å². The Morgan fingerprint density at radius 2 is 1.86 bits per heavy atom. The molecular weight excluding hydrogens is 503 g/mol. The number of carbonyl (C=O) groups excluding carboxylic acids is 1. The minimum absolute atomic E-state index is 0.0648. The average Bonchev–Trinajstić information content (AvgIpc) is 3.14. The quantitative estimate of drug-likeness (QED) is 0.405. The molecule has 0 aliphatic heterocycles. The van der Waals surface area contributed by atoms with E-state index in [9.17, 15) is 36.2 Å². The van der Waals surface area contributed by atoms with Gasteiger partial charge in [-0.15, -0.1) is 0 Å². The number of hydrogen-bond donors (Lipinski definition) is 3. The molecule has 0 fully saturated rings. The van der Waals surface area contributed by atoms with Crippen molar-refractivity contribution in [1.82, 2.24) is 20.2 Å². The number of anilines is 1. The maximum Gasteiger partial charge on any atom is 0.437 e. The van der Waals surface area contributed by atoms with Gasteiger partial charge in [0.05, 0.1) is 46.8 Å². The van der Waals surface area contributed by atoms with E-state index in [-0.39, 0.29) is 17.1 Å². The number of nitrogens with zero attached hydrogens (tertiary/aromatic N) is 3. The van der Waals surface area contributed by atoms with Gasteiger partial charge in [0.1, 0.15) is 11.6 Å². The molecule has 194 valence electrons. The number of aliphatic hydroxyl groups excluding tert-OH is 1. The number of aliphatic hydroxyl groups is 1. The smallest absolute Gasteiger partial charge is 0.437 e. The van der Waals surface area contributed by atoms with Gasteiger partial charge in [0.25, 0.3) is 5.91 Å². The molecule has 0 aliphatic carbocycles. The molecule has 3 N–H and O–H groups in total. The van der Waals surface area contributed by atoms with Crippen LogP contribution >= 0.6 is 0 Å². The Balaban J connectivity index is 2.12. The fraction of sp³-hybridized carbons (Fsp3) is 0.333. The predicted octanol–water partition coefficient (Wildman–Crippen LogP) is 4.72. The van der Waals surface area contributed by atoms with E-state index < -0.39 is 65.0 Å². The molecule has 1 aromatic carbocycles. The number of halogens is 7. The van der Waals surface area contributed by atoms with Crippen molar-refractivity contribution < 1.29 is 45.4 Å². The number of aryl methyl sites for hydroxylation is 2. The first-order valence-corrected chi connectivity index (χ1v) is 10.1. The lowest BCUT2D eigenvalue weighted by Crippen LogP contribution is -2.32. The van der Waals surface area contributed by atoms with Crippen molar-refractivity contribution in [3.05, 3.63) is 52.5 Å². The maximum atomic E-state index is 15.0. The van der Waals surface area contributed by atoms with Gasteiger partial charge in [-0.3, -0.25) is 14.9 Å². The third kappa shape index (κ3) is 5.56. The molecule has 3 aromatic rings. The molecule has 0 unspecified atom stereocenters. The summed E-state index contributed by atoms with van der Waals surface area (Å²) in [5.74, 6) is -3.32. The van der Waals surface area contributed by atoms with E-state index in [1.807, 2.05) is 5.32 Å². The highest BCUT2D eigenvalue weighted by Crippen LogP contribution is 2.37. The summed E-state index contributed by atoms with van der Waals surface area (Å²) in [4.78, 5) is 20.8. The van der Waals surface area contributed by atoms with Crippen molar-refractivity contribution in [2.24, 2.45) is 0 Å². The van der Waals surface area contributed by atoms with E-state index >= 15 is 4.39 Å². The molecule has 36 heavy (non-hydrogen) atoms. The summed E-state index contributed by atoms with van der Waals surface area (Å²) in [7, 11) is 0. The summed E-state index contributed by atoms with van der Waals surface area (Å²) < 4.78 is 99.1. The van der Waals surface area contributed by atoms with Crippen molar-refractivity contribution in [1.29, 1.82) is 0 Å². The Morgan fingerprint density at radius 3 is 2.44 bits per heavy atom. The van der Waals surface area contributed by atoms with Gasteiger partial charge in [-0.05, 0) is 32.9 Å². The van der Waals surface area contributed by atoms with Crippen LogP contribution in [-0.4, -0.2) is 43.5 Å². The minimum atomic E-state index is -4.97.